The molecular formula is C16H16BrFN2O. The van der Waals surface area contributed by atoms with Crippen molar-refractivity contribution in [2.24, 2.45) is 0 Å². The summed E-state index contributed by atoms with van der Waals surface area (Å²) >= 11 is 3.23. The standard InChI is InChI=1S/C16H16BrFN2O/c1-10(11-4-3-5-13(19)8-11)20(2)16(21)14-7-6-12(18)9-15(14)17/h3-10H,19H2,1-2H3. The molecule has 5 heteroatoms. The van der Waals surface area contributed by atoms with Crippen LogP contribution in [0.2, 0.25) is 0 Å². The molecule has 3 nitrogen and oxygen atoms in total. The number of hydrogen-bond acceptors (Lipinski definition) is 2. The van der Waals surface area contributed by atoms with Gasteiger partial charge in [-0.05, 0) is 58.7 Å². The van der Waals surface area contributed by atoms with E-state index in [-0.39, 0.29) is 17.8 Å². The Balaban J connectivity index is 2.26. The molecule has 1 amide bonds. The van der Waals surface area contributed by atoms with Gasteiger partial charge in [-0.3, -0.25) is 4.79 Å². The summed E-state index contributed by atoms with van der Waals surface area (Å²) in [6, 6.07) is 11.3. The van der Waals surface area contributed by atoms with Gasteiger partial charge in [0.05, 0.1) is 11.6 Å². The molecule has 0 aliphatic heterocycles. The van der Waals surface area contributed by atoms with E-state index in [2.05, 4.69) is 15.9 Å². The Labute approximate surface area is 131 Å². The van der Waals surface area contributed by atoms with E-state index in [0.29, 0.717) is 15.7 Å². The van der Waals surface area contributed by atoms with Crippen LogP contribution in [0.5, 0.6) is 0 Å². The van der Waals surface area contributed by atoms with Gasteiger partial charge in [0.25, 0.3) is 5.91 Å². The fourth-order valence-corrected chi connectivity index (χ4v) is 2.59. The van der Waals surface area contributed by atoms with E-state index < -0.39 is 0 Å². The van der Waals surface area contributed by atoms with Crippen LogP contribution in [0.15, 0.2) is 46.9 Å². The molecule has 0 spiro atoms. The van der Waals surface area contributed by atoms with Crippen LogP contribution >= 0.6 is 15.9 Å². The Bertz CT molecular complexity index is 675. The number of nitrogen functional groups attached to an aromatic ring is 1. The fourth-order valence-electron chi connectivity index (χ4n) is 2.07. The van der Waals surface area contributed by atoms with Gasteiger partial charge in [-0.1, -0.05) is 12.1 Å². The maximum atomic E-state index is 13.1. The molecule has 0 saturated carbocycles. The quantitative estimate of drug-likeness (QED) is 0.850. The first kappa shape index (κ1) is 15.5. The average molecular weight is 351 g/mol. The third kappa shape index (κ3) is 3.42. The van der Waals surface area contributed by atoms with Gasteiger partial charge in [0.15, 0.2) is 0 Å². The molecule has 1 atom stereocenters. The largest absolute Gasteiger partial charge is 0.399 e. The van der Waals surface area contributed by atoms with Gasteiger partial charge in [0, 0.05) is 17.2 Å². The van der Waals surface area contributed by atoms with Gasteiger partial charge >= 0.3 is 0 Å². The van der Waals surface area contributed by atoms with E-state index in [1.807, 2.05) is 25.1 Å². The van der Waals surface area contributed by atoms with Crippen molar-refractivity contribution in [2.45, 2.75) is 13.0 Å². The van der Waals surface area contributed by atoms with Crippen LogP contribution in [0.3, 0.4) is 0 Å². The Morgan fingerprint density at radius 2 is 2.00 bits per heavy atom. The van der Waals surface area contributed by atoms with Crippen molar-refractivity contribution in [2.75, 3.05) is 12.8 Å². The first-order chi connectivity index (χ1) is 9.90. The number of halogens is 2. The summed E-state index contributed by atoms with van der Waals surface area (Å²) in [7, 11) is 1.71. The van der Waals surface area contributed by atoms with Gasteiger partial charge in [0.1, 0.15) is 5.82 Å². The molecule has 2 N–H and O–H groups in total. The van der Waals surface area contributed by atoms with Crippen LogP contribution in [0.1, 0.15) is 28.9 Å². The minimum atomic E-state index is -0.384. The van der Waals surface area contributed by atoms with E-state index in [1.165, 1.54) is 18.2 Å². The highest BCUT2D eigenvalue weighted by atomic mass is 79.9. The predicted molar refractivity (Wildman–Crippen MR) is 85.5 cm³/mol. The second-order valence-corrected chi connectivity index (χ2v) is 5.74. The molecule has 2 aromatic carbocycles. The van der Waals surface area contributed by atoms with Crippen LogP contribution < -0.4 is 5.73 Å². The second-order valence-electron chi connectivity index (χ2n) is 4.89. The maximum absolute atomic E-state index is 13.1. The zero-order valence-electron chi connectivity index (χ0n) is 11.8. The normalized spacial score (nSPS) is 12.0. The van der Waals surface area contributed by atoms with Gasteiger partial charge in [-0.15, -0.1) is 0 Å². The predicted octanol–water partition coefficient (Wildman–Crippen LogP) is 4.00. The van der Waals surface area contributed by atoms with Crippen LogP contribution in [-0.4, -0.2) is 17.9 Å². The lowest BCUT2D eigenvalue weighted by Gasteiger charge is -2.26. The number of rotatable bonds is 3. The fraction of sp³-hybridized carbons (Fsp3) is 0.188. The number of benzene rings is 2. The van der Waals surface area contributed by atoms with Crippen molar-refractivity contribution in [3.63, 3.8) is 0 Å². The molecular weight excluding hydrogens is 335 g/mol. The summed E-state index contributed by atoms with van der Waals surface area (Å²) < 4.78 is 13.6. The van der Waals surface area contributed by atoms with Crippen molar-refractivity contribution in [3.8, 4) is 0 Å². The lowest BCUT2D eigenvalue weighted by atomic mass is 10.1. The molecule has 0 aromatic heterocycles. The molecule has 2 rings (SSSR count). The third-order valence-electron chi connectivity index (χ3n) is 3.46. The van der Waals surface area contributed by atoms with Crippen molar-refractivity contribution in [1.29, 1.82) is 0 Å². The Morgan fingerprint density at radius 3 is 2.62 bits per heavy atom. The summed E-state index contributed by atoms with van der Waals surface area (Å²) in [6.07, 6.45) is 0. The average Bonchev–Trinajstić information content (AvgIpc) is 2.45. The molecule has 0 aliphatic carbocycles. The third-order valence-corrected chi connectivity index (χ3v) is 4.11. The molecule has 1 unspecified atom stereocenters. The zero-order valence-corrected chi connectivity index (χ0v) is 13.4. The molecule has 21 heavy (non-hydrogen) atoms. The van der Waals surface area contributed by atoms with E-state index >= 15 is 0 Å². The second kappa shape index (κ2) is 6.26. The lowest BCUT2D eigenvalue weighted by Crippen LogP contribution is -2.30. The van der Waals surface area contributed by atoms with E-state index in [4.69, 9.17) is 5.73 Å². The van der Waals surface area contributed by atoms with Crippen molar-refractivity contribution in [1.82, 2.24) is 4.90 Å². The number of carbonyl (C=O) groups excluding carboxylic acids is 1. The number of carbonyl (C=O) groups is 1. The Morgan fingerprint density at radius 1 is 1.29 bits per heavy atom. The lowest BCUT2D eigenvalue weighted by molar-refractivity contribution is 0.0741. The molecule has 0 aliphatic rings. The highest BCUT2D eigenvalue weighted by Gasteiger charge is 2.21. The molecule has 0 saturated heterocycles. The van der Waals surface area contributed by atoms with E-state index in [0.717, 1.165) is 5.56 Å². The summed E-state index contributed by atoms with van der Waals surface area (Å²) in [5.74, 6) is -0.568. The van der Waals surface area contributed by atoms with Crippen molar-refractivity contribution < 1.29 is 9.18 Å². The van der Waals surface area contributed by atoms with E-state index in [1.54, 1.807) is 18.0 Å². The summed E-state index contributed by atoms with van der Waals surface area (Å²) in [6.45, 7) is 1.92. The van der Waals surface area contributed by atoms with Gasteiger partial charge in [0.2, 0.25) is 0 Å². The number of amides is 1. The first-order valence-electron chi connectivity index (χ1n) is 6.48. The number of anilines is 1. The minimum Gasteiger partial charge on any atom is -0.399 e. The van der Waals surface area contributed by atoms with Crippen molar-refractivity contribution >= 4 is 27.5 Å². The van der Waals surface area contributed by atoms with Crippen LogP contribution in [0, 0.1) is 5.82 Å². The molecule has 0 heterocycles. The maximum Gasteiger partial charge on any atom is 0.255 e. The zero-order chi connectivity index (χ0) is 15.6. The van der Waals surface area contributed by atoms with Crippen LogP contribution in [-0.2, 0) is 0 Å². The minimum absolute atomic E-state index is 0.141. The summed E-state index contributed by atoms with van der Waals surface area (Å²) in [5.41, 5.74) is 7.80. The number of hydrogen-bond donors (Lipinski definition) is 1. The van der Waals surface area contributed by atoms with Crippen LogP contribution in [0.25, 0.3) is 0 Å². The van der Waals surface area contributed by atoms with Gasteiger partial charge < -0.3 is 10.6 Å². The first-order valence-corrected chi connectivity index (χ1v) is 7.27. The number of nitrogens with two attached hydrogens (primary N) is 1. The highest BCUT2D eigenvalue weighted by molar-refractivity contribution is 9.10. The molecule has 2 aromatic rings. The Hall–Kier alpha value is -1.88. The van der Waals surface area contributed by atoms with Gasteiger partial charge in [-0.2, -0.15) is 0 Å². The van der Waals surface area contributed by atoms with Gasteiger partial charge in [-0.25, -0.2) is 4.39 Å². The smallest absolute Gasteiger partial charge is 0.255 e. The molecule has 0 fully saturated rings. The van der Waals surface area contributed by atoms with Crippen molar-refractivity contribution in [3.05, 3.63) is 63.9 Å². The Kier molecular flexibility index (Phi) is 4.63. The molecule has 110 valence electrons. The summed E-state index contributed by atoms with van der Waals surface area (Å²) in [4.78, 5) is 14.1. The topological polar surface area (TPSA) is 46.3 Å². The molecule has 0 bridgehead atoms. The monoisotopic (exact) mass is 350 g/mol. The summed E-state index contributed by atoms with van der Waals surface area (Å²) in [5, 5.41) is 0. The SMILES string of the molecule is CC(c1cccc(N)c1)N(C)C(=O)c1ccc(F)cc1Br. The number of nitrogens with zero attached hydrogens (tertiary/aromatic N) is 1. The highest BCUT2D eigenvalue weighted by Crippen LogP contribution is 2.25. The molecule has 0 radical (unpaired) electrons. The van der Waals surface area contributed by atoms with E-state index in [9.17, 15) is 9.18 Å². The van der Waals surface area contributed by atoms with Crippen LogP contribution in [0.4, 0.5) is 10.1 Å².